The fourth-order valence-corrected chi connectivity index (χ4v) is 4.78. The number of nitrogen functional groups attached to an aromatic ring is 1. The number of rotatable bonds is 11. The topological polar surface area (TPSA) is 223 Å². The van der Waals surface area contributed by atoms with Gasteiger partial charge in [0.1, 0.15) is 5.69 Å². The third-order valence-electron chi connectivity index (χ3n) is 5.19. The number of aromatic hydroxyl groups is 1. The minimum atomic E-state index is -4.52. The molecule has 16 heteroatoms. The Morgan fingerprint density at radius 3 is 2.34 bits per heavy atom. The number of aliphatic hydroxyl groups is 1. The van der Waals surface area contributed by atoms with E-state index in [1.165, 1.54) is 43.3 Å². The lowest BCUT2D eigenvalue weighted by atomic mass is 10.2. The molecule has 204 valence electrons. The van der Waals surface area contributed by atoms with E-state index in [-0.39, 0.29) is 59.6 Å². The first-order valence-corrected chi connectivity index (χ1v) is 13.8. The molecule has 14 nitrogen and oxygen atoms in total. The molecule has 0 fully saturated rings. The summed E-state index contributed by atoms with van der Waals surface area (Å²) in [5.41, 5.74) is 5.33. The highest BCUT2D eigenvalue weighted by Crippen LogP contribution is 2.33. The first-order valence-electron chi connectivity index (χ1n) is 10.9. The van der Waals surface area contributed by atoms with Gasteiger partial charge in [-0.05, 0) is 49.4 Å². The maximum atomic E-state index is 12.7. The number of nitrogens with one attached hydrogen (secondary N) is 1. The van der Waals surface area contributed by atoms with Gasteiger partial charge in [-0.3, -0.25) is 18.6 Å². The molecule has 0 saturated heterocycles. The van der Waals surface area contributed by atoms with Crippen molar-refractivity contribution in [2.45, 2.75) is 23.3 Å². The molecule has 0 aliphatic carbocycles. The maximum Gasteiger partial charge on any atom is 0.294 e. The zero-order valence-corrected chi connectivity index (χ0v) is 21.6. The second-order valence-electron chi connectivity index (χ2n) is 7.81. The van der Waals surface area contributed by atoms with Crippen molar-refractivity contribution in [3.63, 3.8) is 0 Å². The molecule has 0 spiro atoms. The Hall–Kier alpha value is -3.83. The lowest BCUT2D eigenvalue weighted by Crippen LogP contribution is -2.26. The Labute approximate surface area is 217 Å². The van der Waals surface area contributed by atoms with Crippen LogP contribution < -0.4 is 16.0 Å². The third kappa shape index (κ3) is 6.73. The van der Waals surface area contributed by atoms with Crippen LogP contribution in [0.25, 0.3) is 0 Å². The predicted molar refractivity (Wildman–Crippen MR) is 137 cm³/mol. The lowest BCUT2D eigenvalue weighted by Gasteiger charge is -2.13. The van der Waals surface area contributed by atoms with Gasteiger partial charge in [0.25, 0.3) is 25.7 Å². The van der Waals surface area contributed by atoms with Gasteiger partial charge in [-0.25, -0.2) is 8.42 Å². The summed E-state index contributed by atoms with van der Waals surface area (Å²) in [7, 11) is -8.64. The number of azo groups is 1. The molecular formula is C22H25N5O9S2. The fraction of sp³-hybridized carbons (Fsp3) is 0.227. The molecule has 0 amide bonds. The zero-order chi connectivity index (χ0) is 28.1. The molecule has 0 aliphatic rings. The van der Waals surface area contributed by atoms with Crippen LogP contribution in [0.1, 0.15) is 5.56 Å². The first kappa shape index (κ1) is 28.7. The molecule has 0 bridgehead atoms. The van der Waals surface area contributed by atoms with E-state index in [0.717, 1.165) is 16.7 Å². The van der Waals surface area contributed by atoms with Crippen molar-refractivity contribution < 1.29 is 36.3 Å². The SMILES string of the molecule is Cc1c(/N=N/c2ccc(S(=O)(=O)Nc3cccc(S(=O)(=O)O)c3)cc2)c(O)n(CCOCCO)c(=O)c1N. The number of pyridine rings is 1. The molecule has 1 heterocycles. The Kier molecular flexibility index (Phi) is 8.85. The highest BCUT2D eigenvalue weighted by atomic mass is 32.2. The van der Waals surface area contributed by atoms with E-state index in [4.69, 9.17) is 20.1 Å². The number of aromatic nitrogens is 1. The fourth-order valence-electron chi connectivity index (χ4n) is 3.21. The Bertz CT molecular complexity index is 1620. The average Bonchev–Trinajstić information content (AvgIpc) is 2.86. The smallest absolute Gasteiger partial charge is 0.294 e. The zero-order valence-electron chi connectivity index (χ0n) is 20.0. The van der Waals surface area contributed by atoms with Gasteiger partial charge in [0, 0.05) is 5.56 Å². The van der Waals surface area contributed by atoms with Gasteiger partial charge >= 0.3 is 0 Å². The highest BCUT2D eigenvalue weighted by molar-refractivity contribution is 7.92. The van der Waals surface area contributed by atoms with Gasteiger partial charge < -0.3 is 20.7 Å². The number of ether oxygens (including phenoxy) is 1. The predicted octanol–water partition coefficient (Wildman–Crippen LogP) is 1.92. The van der Waals surface area contributed by atoms with Crippen molar-refractivity contribution in [3.05, 3.63) is 64.4 Å². The monoisotopic (exact) mass is 567 g/mol. The number of anilines is 2. The molecule has 0 radical (unpaired) electrons. The summed E-state index contributed by atoms with van der Waals surface area (Å²) < 4.78 is 65.4. The molecule has 38 heavy (non-hydrogen) atoms. The number of sulfonamides is 1. The van der Waals surface area contributed by atoms with E-state index >= 15 is 0 Å². The normalized spacial score (nSPS) is 12.2. The molecule has 0 aliphatic heterocycles. The van der Waals surface area contributed by atoms with Gasteiger partial charge in [-0.15, -0.1) is 5.11 Å². The van der Waals surface area contributed by atoms with E-state index in [1.54, 1.807) is 0 Å². The summed E-state index contributed by atoms with van der Waals surface area (Å²) in [5.74, 6) is -0.492. The minimum absolute atomic E-state index is 0.0250. The molecule has 6 N–H and O–H groups in total. The summed E-state index contributed by atoms with van der Waals surface area (Å²) in [5, 5.41) is 27.3. The van der Waals surface area contributed by atoms with Crippen molar-refractivity contribution >= 4 is 42.9 Å². The average molecular weight is 568 g/mol. The number of nitrogens with zero attached hydrogens (tertiary/aromatic N) is 3. The molecule has 2 aromatic carbocycles. The van der Waals surface area contributed by atoms with Gasteiger partial charge in [-0.2, -0.15) is 13.5 Å². The van der Waals surface area contributed by atoms with Gasteiger partial charge in [0.2, 0.25) is 5.88 Å². The van der Waals surface area contributed by atoms with Gasteiger partial charge in [0.05, 0.1) is 47.5 Å². The van der Waals surface area contributed by atoms with Crippen molar-refractivity contribution in [1.29, 1.82) is 0 Å². The van der Waals surface area contributed by atoms with E-state index in [0.29, 0.717) is 0 Å². The van der Waals surface area contributed by atoms with Crippen LogP contribution in [0.4, 0.5) is 22.7 Å². The summed E-state index contributed by atoms with van der Waals surface area (Å²) in [6, 6.07) is 9.77. The Balaban J connectivity index is 1.83. The van der Waals surface area contributed by atoms with Crippen LogP contribution in [0.5, 0.6) is 5.88 Å². The maximum absolute atomic E-state index is 12.7. The Morgan fingerprint density at radius 1 is 1.03 bits per heavy atom. The number of benzene rings is 2. The van der Waals surface area contributed by atoms with Gasteiger partial charge in [-0.1, -0.05) is 6.07 Å². The second-order valence-corrected chi connectivity index (χ2v) is 10.9. The molecule has 3 aromatic rings. The highest BCUT2D eigenvalue weighted by Gasteiger charge is 2.18. The Morgan fingerprint density at radius 2 is 1.71 bits per heavy atom. The molecule has 1 aromatic heterocycles. The number of aliphatic hydroxyl groups excluding tert-OH is 1. The lowest BCUT2D eigenvalue weighted by molar-refractivity contribution is 0.0854. The number of hydrogen-bond donors (Lipinski definition) is 5. The van der Waals surface area contributed by atoms with Crippen LogP contribution in [-0.4, -0.2) is 56.0 Å². The summed E-state index contributed by atoms with van der Waals surface area (Å²) in [4.78, 5) is 11.8. The first-order chi connectivity index (χ1) is 17.8. The van der Waals surface area contributed by atoms with Crippen LogP contribution in [0, 0.1) is 6.92 Å². The van der Waals surface area contributed by atoms with Crippen molar-refractivity contribution in [1.82, 2.24) is 4.57 Å². The van der Waals surface area contributed by atoms with Crippen molar-refractivity contribution in [2.24, 2.45) is 10.2 Å². The van der Waals surface area contributed by atoms with Crippen LogP contribution in [-0.2, 0) is 31.4 Å². The van der Waals surface area contributed by atoms with E-state index < -0.39 is 36.5 Å². The van der Waals surface area contributed by atoms with Crippen molar-refractivity contribution in [3.8, 4) is 5.88 Å². The second kappa shape index (κ2) is 11.7. The number of hydrogen-bond acceptors (Lipinski definition) is 11. The molecule has 3 rings (SSSR count). The van der Waals surface area contributed by atoms with Crippen LogP contribution in [0.15, 0.2) is 73.3 Å². The summed E-state index contributed by atoms with van der Waals surface area (Å²) in [6.45, 7) is 1.31. The van der Waals surface area contributed by atoms with Crippen molar-refractivity contribution in [2.75, 3.05) is 30.3 Å². The van der Waals surface area contributed by atoms with Gasteiger partial charge in [0.15, 0.2) is 5.69 Å². The largest absolute Gasteiger partial charge is 0.493 e. The van der Waals surface area contributed by atoms with E-state index in [1.807, 2.05) is 0 Å². The van der Waals surface area contributed by atoms with E-state index in [2.05, 4.69) is 15.0 Å². The molecular weight excluding hydrogens is 542 g/mol. The molecule has 0 atom stereocenters. The van der Waals surface area contributed by atoms with Crippen LogP contribution >= 0.6 is 0 Å². The summed E-state index contributed by atoms with van der Waals surface area (Å²) >= 11 is 0. The standard InChI is InChI=1S/C22H25N5O9S2/c1-14-19(23)21(29)27(9-11-36-12-10-28)22(30)20(14)25-24-15-5-7-17(8-6-15)37(31,32)26-16-3-2-4-18(13-16)38(33,34)35/h2-8,13,26,28,30H,9-12,23H2,1H3,(H,33,34,35)/b25-24+. The third-order valence-corrected chi connectivity index (χ3v) is 7.44. The quantitative estimate of drug-likeness (QED) is 0.129. The van der Waals surface area contributed by atoms with E-state index in [9.17, 15) is 26.7 Å². The number of nitrogens with two attached hydrogens (primary N) is 1. The van der Waals surface area contributed by atoms with Crippen LogP contribution in [0.3, 0.4) is 0 Å². The minimum Gasteiger partial charge on any atom is -0.493 e. The van der Waals surface area contributed by atoms with Crippen LogP contribution in [0.2, 0.25) is 0 Å². The summed E-state index contributed by atoms with van der Waals surface area (Å²) in [6.07, 6.45) is 0. The molecule has 0 unspecified atom stereocenters. The molecule has 0 saturated carbocycles.